The van der Waals surface area contributed by atoms with Gasteiger partial charge in [0.25, 0.3) is 0 Å². The number of carbonyl (C=O) groups is 1. The Morgan fingerprint density at radius 2 is 2.39 bits per heavy atom. The van der Waals surface area contributed by atoms with Crippen molar-refractivity contribution in [2.75, 3.05) is 25.1 Å². The fraction of sp³-hybridized carbons (Fsp3) is 0.500. The first kappa shape index (κ1) is 11.5. The summed E-state index contributed by atoms with van der Waals surface area (Å²) in [6.45, 7) is 1.70. The van der Waals surface area contributed by atoms with Gasteiger partial charge >= 0.3 is 0 Å². The minimum absolute atomic E-state index is 0.0143. The Morgan fingerprint density at radius 1 is 1.50 bits per heavy atom. The van der Waals surface area contributed by atoms with Gasteiger partial charge in [-0.05, 0) is 43.1 Å². The molecular weight excluding hydrogens is 228 g/mol. The summed E-state index contributed by atoms with van der Waals surface area (Å²) in [5.41, 5.74) is 2.16. The molecule has 0 aliphatic carbocycles. The molecule has 2 heterocycles. The standard InChI is InChI=1S/C14H18N2O2/c1-16(14(17)12-3-2-7-15-12)11-4-5-13-10(9-11)6-8-18-13/h4-5,9,12,15H,2-3,6-8H2,1H3. The molecule has 0 bridgehead atoms. The zero-order chi connectivity index (χ0) is 12.5. The summed E-state index contributed by atoms with van der Waals surface area (Å²) in [6, 6.07) is 5.97. The molecule has 1 amide bonds. The van der Waals surface area contributed by atoms with Crippen molar-refractivity contribution >= 4 is 11.6 Å². The predicted molar refractivity (Wildman–Crippen MR) is 70.1 cm³/mol. The minimum Gasteiger partial charge on any atom is -0.493 e. The first-order valence-electron chi connectivity index (χ1n) is 6.52. The molecule has 0 saturated carbocycles. The van der Waals surface area contributed by atoms with E-state index in [9.17, 15) is 4.79 Å². The van der Waals surface area contributed by atoms with Gasteiger partial charge in [-0.15, -0.1) is 0 Å². The Hall–Kier alpha value is -1.55. The van der Waals surface area contributed by atoms with Gasteiger partial charge in [0.2, 0.25) is 5.91 Å². The van der Waals surface area contributed by atoms with Crippen molar-refractivity contribution in [2.24, 2.45) is 0 Å². The van der Waals surface area contributed by atoms with Gasteiger partial charge in [0, 0.05) is 19.2 Å². The van der Waals surface area contributed by atoms with Crippen LogP contribution in [0, 0.1) is 0 Å². The molecule has 96 valence electrons. The summed E-state index contributed by atoms with van der Waals surface area (Å²) in [7, 11) is 1.85. The van der Waals surface area contributed by atoms with Crippen LogP contribution in [0.15, 0.2) is 18.2 Å². The summed E-state index contributed by atoms with van der Waals surface area (Å²) >= 11 is 0. The molecule has 2 aliphatic heterocycles. The van der Waals surface area contributed by atoms with Crippen molar-refractivity contribution < 1.29 is 9.53 Å². The lowest BCUT2D eigenvalue weighted by molar-refractivity contribution is -0.119. The van der Waals surface area contributed by atoms with E-state index >= 15 is 0 Å². The number of benzene rings is 1. The maximum Gasteiger partial charge on any atom is 0.243 e. The van der Waals surface area contributed by atoms with Crippen LogP contribution < -0.4 is 15.0 Å². The van der Waals surface area contributed by atoms with E-state index in [1.807, 2.05) is 19.2 Å². The lowest BCUT2D eigenvalue weighted by Crippen LogP contribution is -2.41. The third-order valence-electron chi connectivity index (χ3n) is 3.75. The predicted octanol–water partition coefficient (Wildman–Crippen LogP) is 1.34. The van der Waals surface area contributed by atoms with E-state index in [1.165, 1.54) is 5.56 Å². The first-order chi connectivity index (χ1) is 8.75. The molecule has 0 spiro atoms. The number of likely N-dealkylation sites (N-methyl/N-ethyl adjacent to an activating group) is 1. The highest BCUT2D eigenvalue weighted by Crippen LogP contribution is 2.29. The second-order valence-electron chi connectivity index (χ2n) is 4.94. The fourth-order valence-electron chi connectivity index (χ4n) is 2.64. The third-order valence-corrected chi connectivity index (χ3v) is 3.75. The van der Waals surface area contributed by atoms with Crippen molar-refractivity contribution in [3.05, 3.63) is 23.8 Å². The smallest absolute Gasteiger partial charge is 0.243 e. The number of ether oxygens (including phenoxy) is 1. The molecule has 1 atom stereocenters. The molecule has 1 aromatic carbocycles. The topological polar surface area (TPSA) is 41.6 Å². The number of anilines is 1. The number of fused-ring (bicyclic) bond motifs is 1. The van der Waals surface area contributed by atoms with Crippen LogP contribution >= 0.6 is 0 Å². The second-order valence-corrected chi connectivity index (χ2v) is 4.94. The summed E-state index contributed by atoms with van der Waals surface area (Å²) in [5, 5.41) is 3.24. The van der Waals surface area contributed by atoms with Gasteiger partial charge < -0.3 is 15.0 Å². The van der Waals surface area contributed by atoms with Crippen LogP contribution in [0.5, 0.6) is 5.75 Å². The summed E-state index contributed by atoms with van der Waals surface area (Å²) < 4.78 is 5.48. The molecule has 1 aromatic rings. The van der Waals surface area contributed by atoms with Gasteiger partial charge in [0.15, 0.2) is 0 Å². The maximum absolute atomic E-state index is 12.3. The minimum atomic E-state index is -0.0143. The van der Waals surface area contributed by atoms with Crippen LogP contribution in [0.4, 0.5) is 5.69 Å². The Labute approximate surface area is 107 Å². The molecule has 4 heteroatoms. The van der Waals surface area contributed by atoms with Crippen LogP contribution in [0.1, 0.15) is 18.4 Å². The van der Waals surface area contributed by atoms with Crippen molar-refractivity contribution in [1.29, 1.82) is 0 Å². The zero-order valence-electron chi connectivity index (χ0n) is 10.6. The number of carbonyl (C=O) groups excluding carboxylic acids is 1. The normalized spacial score (nSPS) is 21.5. The van der Waals surface area contributed by atoms with E-state index in [4.69, 9.17) is 4.74 Å². The van der Waals surface area contributed by atoms with Crippen LogP contribution in [-0.4, -0.2) is 32.1 Å². The van der Waals surface area contributed by atoms with Gasteiger partial charge in [-0.3, -0.25) is 4.79 Å². The highest BCUT2D eigenvalue weighted by atomic mass is 16.5. The van der Waals surface area contributed by atoms with E-state index in [1.54, 1.807) is 4.90 Å². The fourth-order valence-corrected chi connectivity index (χ4v) is 2.64. The molecule has 1 N–H and O–H groups in total. The van der Waals surface area contributed by atoms with E-state index < -0.39 is 0 Å². The largest absolute Gasteiger partial charge is 0.493 e. The Balaban J connectivity index is 1.79. The lowest BCUT2D eigenvalue weighted by atomic mass is 10.1. The highest BCUT2D eigenvalue weighted by Gasteiger charge is 2.26. The monoisotopic (exact) mass is 246 g/mol. The number of hydrogen-bond donors (Lipinski definition) is 1. The van der Waals surface area contributed by atoms with Crippen molar-refractivity contribution in [1.82, 2.24) is 5.32 Å². The van der Waals surface area contributed by atoms with Crippen LogP contribution in [0.2, 0.25) is 0 Å². The van der Waals surface area contributed by atoms with Crippen molar-refractivity contribution in [3.63, 3.8) is 0 Å². The average molecular weight is 246 g/mol. The van der Waals surface area contributed by atoms with Crippen molar-refractivity contribution in [2.45, 2.75) is 25.3 Å². The number of nitrogens with one attached hydrogen (secondary N) is 1. The Morgan fingerprint density at radius 3 is 3.17 bits per heavy atom. The van der Waals surface area contributed by atoms with Crippen LogP contribution in [0.25, 0.3) is 0 Å². The number of hydrogen-bond acceptors (Lipinski definition) is 3. The SMILES string of the molecule is CN(C(=O)C1CCCN1)c1ccc2c(c1)CCO2. The van der Waals surface area contributed by atoms with E-state index in [2.05, 4.69) is 11.4 Å². The molecule has 18 heavy (non-hydrogen) atoms. The van der Waals surface area contributed by atoms with E-state index in [0.717, 1.165) is 43.9 Å². The van der Waals surface area contributed by atoms with E-state index in [-0.39, 0.29) is 11.9 Å². The quantitative estimate of drug-likeness (QED) is 0.856. The van der Waals surface area contributed by atoms with Gasteiger partial charge in [-0.25, -0.2) is 0 Å². The summed E-state index contributed by atoms with van der Waals surface area (Å²) in [4.78, 5) is 14.0. The van der Waals surface area contributed by atoms with Crippen LogP contribution in [-0.2, 0) is 11.2 Å². The highest BCUT2D eigenvalue weighted by molar-refractivity contribution is 5.97. The first-order valence-corrected chi connectivity index (χ1v) is 6.52. The average Bonchev–Trinajstić information content (AvgIpc) is 3.06. The van der Waals surface area contributed by atoms with Gasteiger partial charge in [-0.2, -0.15) is 0 Å². The number of rotatable bonds is 2. The third kappa shape index (κ3) is 1.97. The zero-order valence-corrected chi connectivity index (χ0v) is 10.6. The van der Waals surface area contributed by atoms with Gasteiger partial charge in [0.1, 0.15) is 5.75 Å². The molecule has 1 fully saturated rings. The van der Waals surface area contributed by atoms with Gasteiger partial charge in [0.05, 0.1) is 12.6 Å². The second kappa shape index (κ2) is 4.61. The molecule has 0 aromatic heterocycles. The Bertz CT molecular complexity index is 467. The molecular formula is C14H18N2O2. The van der Waals surface area contributed by atoms with Crippen LogP contribution in [0.3, 0.4) is 0 Å². The van der Waals surface area contributed by atoms with Gasteiger partial charge in [-0.1, -0.05) is 0 Å². The molecule has 4 nitrogen and oxygen atoms in total. The number of nitrogens with zero attached hydrogens (tertiary/aromatic N) is 1. The molecule has 3 rings (SSSR count). The summed E-state index contributed by atoms with van der Waals surface area (Å²) in [6.07, 6.45) is 2.96. The Kier molecular flexibility index (Phi) is 2.96. The van der Waals surface area contributed by atoms with E-state index in [0.29, 0.717) is 0 Å². The maximum atomic E-state index is 12.3. The molecule has 0 radical (unpaired) electrons. The lowest BCUT2D eigenvalue weighted by Gasteiger charge is -2.21. The van der Waals surface area contributed by atoms with Crippen molar-refractivity contribution in [3.8, 4) is 5.75 Å². The summed E-state index contributed by atoms with van der Waals surface area (Å²) in [5.74, 6) is 1.12. The molecule has 1 saturated heterocycles. The molecule has 2 aliphatic rings. The number of amides is 1. The molecule has 1 unspecified atom stereocenters.